The molecule has 0 bridgehead atoms. The number of benzene rings is 1. The molecule has 0 atom stereocenters. The van der Waals surface area contributed by atoms with Crippen LogP contribution >= 0.6 is 0 Å². The van der Waals surface area contributed by atoms with Gasteiger partial charge in [-0.1, -0.05) is 12.1 Å². The van der Waals surface area contributed by atoms with E-state index < -0.39 is 31.8 Å². The molecule has 0 radical (unpaired) electrons. The Labute approximate surface area is 122 Å². The first-order chi connectivity index (χ1) is 9.60. The van der Waals surface area contributed by atoms with Gasteiger partial charge in [-0.3, -0.25) is 0 Å². The third-order valence-corrected chi connectivity index (χ3v) is 4.54. The van der Waals surface area contributed by atoms with Crippen molar-refractivity contribution >= 4 is 32.1 Å². The van der Waals surface area contributed by atoms with E-state index in [0.717, 1.165) is 6.08 Å². The summed E-state index contributed by atoms with van der Waals surface area (Å²) in [5, 5.41) is 13.2. The van der Waals surface area contributed by atoms with Crippen LogP contribution in [0.5, 0.6) is 0 Å². The average Bonchev–Trinajstić information content (AvgIpc) is 2.35. The van der Waals surface area contributed by atoms with Crippen LogP contribution < -0.4 is 9.86 Å². The number of carboxylic acids is 1. The lowest BCUT2D eigenvalue weighted by Crippen LogP contribution is -2.31. The fraction of sp³-hybridized carbons (Fsp3) is 0.182. The SMILES string of the molecule is NS(=O)(=O)CCNS(=O)(=O)c1ccc(/C=C/C(=O)O)cc1. The van der Waals surface area contributed by atoms with E-state index in [1.165, 1.54) is 30.3 Å². The van der Waals surface area contributed by atoms with Crippen molar-refractivity contribution in [2.75, 3.05) is 12.3 Å². The maximum absolute atomic E-state index is 11.8. The van der Waals surface area contributed by atoms with Crippen LogP contribution in [0.4, 0.5) is 0 Å². The molecule has 0 aliphatic carbocycles. The summed E-state index contributed by atoms with van der Waals surface area (Å²) < 4.78 is 47.2. The Bertz CT molecular complexity index is 735. The Morgan fingerprint density at radius 2 is 1.76 bits per heavy atom. The van der Waals surface area contributed by atoms with Crippen molar-refractivity contribution in [3.8, 4) is 0 Å². The van der Waals surface area contributed by atoms with E-state index in [1.54, 1.807) is 0 Å². The van der Waals surface area contributed by atoms with Crippen molar-refractivity contribution in [1.29, 1.82) is 0 Å². The van der Waals surface area contributed by atoms with E-state index in [2.05, 4.69) is 4.72 Å². The number of aliphatic carboxylic acids is 1. The zero-order valence-corrected chi connectivity index (χ0v) is 12.4. The minimum absolute atomic E-state index is 0.0654. The number of primary sulfonamides is 1. The van der Waals surface area contributed by atoms with E-state index in [0.29, 0.717) is 5.56 Å². The molecule has 0 aromatic heterocycles. The summed E-state index contributed by atoms with van der Waals surface area (Å²) in [5.41, 5.74) is 0.515. The quantitative estimate of drug-likeness (QED) is 0.565. The first-order valence-corrected chi connectivity index (χ1v) is 8.81. The Hall–Kier alpha value is -1.75. The Balaban J connectivity index is 2.78. The lowest BCUT2D eigenvalue weighted by atomic mass is 10.2. The highest BCUT2D eigenvalue weighted by molar-refractivity contribution is 7.90. The molecule has 1 aromatic carbocycles. The second kappa shape index (κ2) is 6.80. The second-order valence-corrected chi connectivity index (χ2v) is 7.51. The monoisotopic (exact) mass is 334 g/mol. The zero-order chi connectivity index (χ0) is 16.1. The van der Waals surface area contributed by atoms with Crippen molar-refractivity contribution in [2.45, 2.75) is 4.90 Å². The normalized spacial score (nSPS) is 12.6. The largest absolute Gasteiger partial charge is 0.478 e. The summed E-state index contributed by atoms with van der Waals surface area (Å²) in [5.74, 6) is -1.62. The third kappa shape index (κ3) is 6.49. The smallest absolute Gasteiger partial charge is 0.328 e. The average molecular weight is 334 g/mol. The van der Waals surface area contributed by atoms with Gasteiger partial charge in [-0.2, -0.15) is 0 Å². The molecule has 0 saturated carbocycles. The molecule has 116 valence electrons. The van der Waals surface area contributed by atoms with Crippen LogP contribution in [0.25, 0.3) is 6.08 Å². The molecule has 0 saturated heterocycles. The first-order valence-electron chi connectivity index (χ1n) is 5.61. The standard InChI is InChI=1S/C11H14N2O6S2/c12-20(16,17)8-7-13-21(18,19)10-4-1-9(2-5-10)3-6-11(14)15/h1-6,13H,7-8H2,(H,14,15)(H2,12,16,17)/b6-3+. The Morgan fingerprint density at radius 3 is 2.24 bits per heavy atom. The molecule has 0 unspecified atom stereocenters. The maximum Gasteiger partial charge on any atom is 0.328 e. The molecule has 0 heterocycles. The van der Waals surface area contributed by atoms with Gasteiger partial charge in [0.25, 0.3) is 0 Å². The van der Waals surface area contributed by atoms with Gasteiger partial charge in [0.05, 0.1) is 10.6 Å². The highest BCUT2D eigenvalue weighted by Gasteiger charge is 2.14. The summed E-state index contributed by atoms with van der Waals surface area (Å²) >= 11 is 0. The van der Waals surface area contributed by atoms with E-state index >= 15 is 0 Å². The van der Waals surface area contributed by atoms with E-state index in [1.807, 2.05) is 0 Å². The van der Waals surface area contributed by atoms with Crippen LogP contribution in [0.2, 0.25) is 0 Å². The van der Waals surface area contributed by atoms with Crippen LogP contribution in [-0.2, 0) is 24.8 Å². The van der Waals surface area contributed by atoms with Crippen LogP contribution in [0.15, 0.2) is 35.2 Å². The van der Waals surface area contributed by atoms with Gasteiger partial charge in [0.2, 0.25) is 20.0 Å². The van der Waals surface area contributed by atoms with Gasteiger partial charge in [0, 0.05) is 12.6 Å². The van der Waals surface area contributed by atoms with Gasteiger partial charge < -0.3 is 5.11 Å². The minimum atomic E-state index is -3.84. The number of carbonyl (C=O) groups is 1. The number of nitrogens with one attached hydrogen (secondary N) is 1. The van der Waals surface area contributed by atoms with Gasteiger partial charge in [0.15, 0.2) is 0 Å². The summed E-state index contributed by atoms with van der Waals surface area (Å²) in [6.45, 7) is -0.332. The van der Waals surface area contributed by atoms with Crippen molar-refractivity contribution < 1.29 is 26.7 Å². The molecule has 21 heavy (non-hydrogen) atoms. The second-order valence-electron chi connectivity index (χ2n) is 4.01. The lowest BCUT2D eigenvalue weighted by Gasteiger charge is -2.06. The number of rotatable bonds is 7. The van der Waals surface area contributed by atoms with Crippen molar-refractivity contribution in [2.24, 2.45) is 5.14 Å². The topological polar surface area (TPSA) is 144 Å². The number of sulfonamides is 2. The van der Waals surface area contributed by atoms with Crippen LogP contribution in [0, 0.1) is 0 Å². The van der Waals surface area contributed by atoms with E-state index in [4.69, 9.17) is 10.2 Å². The summed E-state index contributed by atoms with van der Waals surface area (Å²) in [6.07, 6.45) is 2.24. The molecule has 0 amide bonds. The maximum atomic E-state index is 11.8. The molecule has 4 N–H and O–H groups in total. The predicted octanol–water partition coefficient (Wildman–Crippen LogP) is -0.649. The molecule has 8 nitrogen and oxygen atoms in total. The van der Waals surface area contributed by atoms with Gasteiger partial charge in [-0.25, -0.2) is 31.5 Å². The van der Waals surface area contributed by atoms with Crippen molar-refractivity contribution in [3.63, 3.8) is 0 Å². The number of hydrogen-bond acceptors (Lipinski definition) is 5. The number of hydrogen-bond donors (Lipinski definition) is 3. The third-order valence-electron chi connectivity index (χ3n) is 2.29. The highest BCUT2D eigenvalue weighted by Crippen LogP contribution is 2.11. The molecule has 10 heteroatoms. The molecule has 0 aliphatic rings. The molecule has 0 fully saturated rings. The van der Waals surface area contributed by atoms with Gasteiger partial charge in [-0.15, -0.1) is 0 Å². The van der Waals surface area contributed by atoms with Crippen LogP contribution in [0.3, 0.4) is 0 Å². The zero-order valence-electron chi connectivity index (χ0n) is 10.8. The molecule has 1 aromatic rings. The number of nitrogens with two attached hydrogens (primary N) is 1. The van der Waals surface area contributed by atoms with Gasteiger partial charge in [0.1, 0.15) is 0 Å². The number of carboxylic acid groups (broad SMARTS) is 1. The summed E-state index contributed by atoms with van der Waals surface area (Å²) in [4.78, 5) is 10.3. The van der Waals surface area contributed by atoms with Gasteiger partial charge in [-0.05, 0) is 23.8 Å². The Kier molecular flexibility index (Phi) is 5.61. The van der Waals surface area contributed by atoms with Crippen molar-refractivity contribution in [1.82, 2.24) is 4.72 Å². The minimum Gasteiger partial charge on any atom is -0.478 e. The van der Waals surface area contributed by atoms with Crippen LogP contribution in [-0.4, -0.2) is 40.2 Å². The fourth-order valence-corrected chi connectivity index (χ4v) is 2.87. The fourth-order valence-electron chi connectivity index (χ4n) is 1.33. The predicted molar refractivity (Wildman–Crippen MR) is 76.3 cm³/mol. The molecular weight excluding hydrogens is 320 g/mol. The van der Waals surface area contributed by atoms with E-state index in [-0.39, 0.29) is 11.4 Å². The summed E-state index contributed by atoms with van der Waals surface area (Å²) in [6, 6.07) is 5.41. The lowest BCUT2D eigenvalue weighted by molar-refractivity contribution is -0.131. The Morgan fingerprint density at radius 1 is 1.19 bits per heavy atom. The molecular formula is C11H14N2O6S2. The molecule has 0 aliphatic heterocycles. The molecule has 0 spiro atoms. The van der Waals surface area contributed by atoms with Crippen molar-refractivity contribution in [3.05, 3.63) is 35.9 Å². The first kappa shape index (κ1) is 17.3. The van der Waals surface area contributed by atoms with E-state index in [9.17, 15) is 21.6 Å². The highest BCUT2D eigenvalue weighted by atomic mass is 32.2. The van der Waals surface area contributed by atoms with Gasteiger partial charge >= 0.3 is 5.97 Å². The summed E-state index contributed by atoms with van der Waals surface area (Å²) in [7, 11) is -7.58. The van der Waals surface area contributed by atoms with Crippen LogP contribution in [0.1, 0.15) is 5.56 Å². The molecule has 1 rings (SSSR count).